The molecule has 0 aliphatic rings. The standard InChI is InChI=1S/C53H38/c1-34(2)44-25-27-50-51-28-26-45(47-22-12-24-49(53(47)51)48-23-11-21-46(44)52(48)50)43-32-41(39-19-9-17-37(29-39)35-13-5-3-6-14-35)31-42(33-43)40-20-10-18-38(30-40)36-15-7-4-8-16-36/h3-34H,1-2H3. The molecule has 10 aromatic carbocycles. The molecule has 0 fully saturated rings. The van der Waals surface area contributed by atoms with E-state index in [1.165, 1.54) is 104 Å². The van der Waals surface area contributed by atoms with E-state index in [1.54, 1.807) is 0 Å². The SMILES string of the molecule is CC(C)c1ccc2c3ccc(-c4cc(-c5cccc(-c6ccccc6)c5)cc(-c5cccc(-c6ccccc6)c5)c4)c4cccc(c5cccc1c52)c43. The molecule has 0 aliphatic heterocycles. The van der Waals surface area contributed by atoms with E-state index in [2.05, 4.69) is 202 Å². The van der Waals surface area contributed by atoms with Crippen LogP contribution in [0, 0.1) is 0 Å². The Hall–Kier alpha value is -6.50. The zero-order chi connectivity index (χ0) is 35.5. The molecule has 0 bridgehead atoms. The molecule has 0 saturated heterocycles. The third kappa shape index (κ3) is 5.30. The summed E-state index contributed by atoms with van der Waals surface area (Å²) in [6, 6.07) is 69.7. The molecular weight excluding hydrogens is 637 g/mol. The van der Waals surface area contributed by atoms with Gasteiger partial charge < -0.3 is 0 Å². The molecule has 0 aromatic heterocycles. The minimum absolute atomic E-state index is 0.460. The molecule has 0 heterocycles. The Balaban J connectivity index is 1.22. The highest BCUT2D eigenvalue weighted by molar-refractivity contribution is 6.34. The fourth-order valence-corrected chi connectivity index (χ4v) is 8.62. The molecule has 0 saturated carbocycles. The van der Waals surface area contributed by atoms with Crippen molar-refractivity contribution in [3.8, 4) is 55.6 Å². The van der Waals surface area contributed by atoms with Gasteiger partial charge in [0, 0.05) is 0 Å². The molecule has 0 unspecified atom stereocenters. The lowest BCUT2D eigenvalue weighted by Gasteiger charge is -2.19. The average molecular weight is 675 g/mol. The summed E-state index contributed by atoms with van der Waals surface area (Å²) >= 11 is 0. The van der Waals surface area contributed by atoms with E-state index in [0.29, 0.717) is 5.92 Å². The summed E-state index contributed by atoms with van der Waals surface area (Å²) < 4.78 is 0. The minimum atomic E-state index is 0.460. The highest BCUT2D eigenvalue weighted by Gasteiger charge is 2.18. The zero-order valence-corrected chi connectivity index (χ0v) is 30.0. The lowest BCUT2D eigenvalue weighted by atomic mass is 9.84. The van der Waals surface area contributed by atoms with Gasteiger partial charge in [0.1, 0.15) is 0 Å². The van der Waals surface area contributed by atoms with Gasteiger partial charge in [-0.05, 0) is 141 Å². The first kappa shape index (κ1) is 31.3. The fraction of sp³-hybridized carbons (Fsp3) is 0.0566. The van der Waals surface area contributed by atoms with E-state index in [4.69, 9.17) is 0 Å². The summed E-state index contributed by atoms with van der Waals surface area (Å²) in [5, 5.41) is 10.7. The van der Waals surface area contributed by atoms with Gasteiger partial charge in [-0.3, -0.25) is 0 Å². The number of hydrogen-bond donors (Lipinski definition) is 0. The van der Waals surface area contributed by atoms with Crippen molar-refractivity contribution in [3.63, 3.8) is 0 Å². The normalized spacial score (nSPS) is 11.8. The first-order valence-corrected chi connectivity index (χ1v) is 18.7. The summed E-state index contributed by atoms with van der Waals surface area (Å²) in [7, 11) is 0. The van der Waals surface area contributed by atoms with Crippen LogP contribution in [0.15, 0.2) is 188 Å². The van der Waals surface area contributed by atoms with Crippen LogP contribution in [-0.4, -0.2) is 0 Å². The van der Waals surface area contributed by atoms with Gasteiger partial charge in [0.15, 0.2) is 0 Å². The molecule has 10 rings (SSSR count). The highest BCUT2D eigenvalue weighted by atomic mass is 14.2. The van der Waals surface area contributed by atoms with Crippen LogP contribution in [0.4, 0.5) is 0 Å². The van der Waals surface area contributed by atoms with E-state index in [0.717, 1.165) is 0 Å². The summed E-state index contributed by atoms with van der Waals surface area (Å²) in [4.78, 5) is 0. The summed E-state index contributed by atoms with van der Waals surface area (Å²) in [5.41, 5.74) is 13.6. The van der Waals surface area contributed by atoms with Gasteiger partial charge in [-0.1, -0.05) is 172 Å². The van der Waals surface area contributed by atoms with Crippen LogP contribution in [0.5, 0.6) is 0 Å². The van der Waals surface area contributed by atoms with Crippen LogP contribution in [0.3, 0.4) is 0 Å². The van der Waals surface area contributed by atoms with E-state index in [1.807, 2.05) is 0 Å². The zero-order valence-electron chi connectivity index (χ0n) is 30.0. The second-order valence-electron chi connectivity index (χ2n) is 14.7. The Kier molecular flexibility index (Phi) is 7.44. The van der Waals surface area contributed by atoms with Gasteiger partial charge in [-0.15, -0.1) is 0 Å². The number of rotatable bonds is 6. The Labute approximate surface area is 311 Å². The fourth-order valence-electron chi connectivity index (χ4n) is 8.62. The quantitative estimate of drug-likeness (QED) is 0.122. The summed E-state index contributed by atoms with van der Waals surface area (Å²) in [5.74, 6) is 0.460. The van der Waals surface area contributed by atoms with E-state index < -0.39 is 0 Å². The molecular formula is C53H38. The number of benzene rings is 10. The van der Waals surface area contributed by atoms with Crippen molar-refractivity contribution in [2.24, 2.45) is 0 Å². The van der Waals surface area contributed by atoms with Crippen LogP contribution < -0.4 is 0 Å². The largest absolute Gasteiger partial charge is 0.0622 e. The molecule has 250 valence electrons. The van der Waals surface area contributed by atoms with E-state index >= 15 is 0 Å². The van der Waals surface area contributed by atoms with Crippen LogP contribution in [0.1, 0.15) is 25.3 Å². The molecule has 0 atom stereocenters. The van der Waals surface area contributed by atoms with Crippen molar-refractivity contribution < 1.29 is 0 Å². The van der Waals surface area contributed by atoms with Gasteiger partial charge in [0.25, 0.3) is 0 Å². The minimum Gasteiger partial charge on any atom is -0.0622 e. The Morgan fingerprint density at radius 2 is 0.642 bits per heavy atom. The Morgan fingerprint density at radius 3 is 1.19 bits per heavy atom. The third-order valence-electron chi connectivity index (χ3n) is 11.2. The summed E-state index contributed by atoms with van der Waals surface area (Å²) in [6.45, 7) is 4.60. The Morgan fingerprint density at radius 1 is 0.264 bits per heavy atom. The van der Waals surface area contributed by atoms with Gasteiger partial charge in [-0.25, -0.2) is 0 Å². The van der Waals surface area contributed by atoms with Crippen molar-refractivity contribution in [3.05, 3.63) is 194 Å². The molecule has 53 heavy (non-hydrogen) atoms. The predicted molar refractivity (Wildman–Crippen MR) is 229 cm³/mol. The van der Waals surface area contributed by atoms with Crippen molar-refractivity contribution in [2.75, 3.05) is 0 Å². The van der Waals surface area contributed by atoms with Crippen molar-refractivity contribution >= 4 is 43.1 Å². The van der Waals surface area contributed by atoms with Gasteiger partial charge in [0.2, 0.25) is 0 Å². The second-order valence-corrected chi connectivity index (χ2v) is 14.7. The molecule has 0 nitrogen and oxygen atoms in total. The number of hydrogen-bond acceptors (Lipinski definition) is 0. The van der Waals surface area contributed by atoms with Crippen LogP contribution in [0.25, 0.3) is 98.7 Å². The molecule has 0 spiro atoms. The smallest absolute Gasteiger partial charge is 0.00201 e. The molecule has 0 radical (unpaired) electrons. The van der Waals surface area contributed by atoms with Crippen LogP contribution in [0.2, 0.25) is 0 Å². The maximum absolute atomic E-state index is 2.39. The van der Waals surface area contributed by atoms with E-state index in [9.17, 15) is 0 Å². The summed E-state index contributed by atoms with van der Waals surface area (Å²) in [6.07, 6.45) is 0. The maximum Gasteiger partial charge on any atom is -0.00201 e. The molecule has 0 heteroatoms. The van der Waals surface area contributed by atoms with Crippen molar-refractivity contribution in [1.82, 2.24) is 0 Å². The average Bonchev–Trinajstić information content (AvgIpc) is 3.23. The van der Waals surface area contributed by atoms with Crippen molar-refractivity contribution in [2.45, 2.75) is 19.8 Å². The van der Waals surface area contributed by atoms with E-state index in [-0.39, 0.29) is 0 Å². The van der Waals surface area contributed by atoms with Gasteiger partial charge in [-0.2, -0.15) is 0 Å². The first-order valence-electron chi connectivity index (χ1n) is 18.7. The Bertz CT molecular complexity index is 2830. The monoisotopic (exact) mass is 674 g/mol. The lowest BCUT2D eigenvalue weighted by molar-refractivity contribution is 0.877. The van der Waals surface area contributed by atoms with Crippen LogP contribution >= 0.6 is 0 Å². The highest BCUT2D eigenvalue weighted by Crippen LogP contribution is 2.45. The number of fused-ring (bicyclic) bond motifs is 2. The predicted octanol–water partition coefficient (Wildman–Crippen LogP) is 15.2. The third-order valence-corrected chi connectivity index (χ3v) is 11.2. The molecule has 10 aromatic rings. The molecule has 0 amide bonds. The van der Waals surface area contributed by atoms with Crippen LogP contribution in [-0.2, 0) is 0 Å². The first-order chi connectivity index (χ1) is 26.1. The second kappa shape index (κ2) is 12.6. The lowest BCUT2D eigenvalue weighted by Crippen LogP contribution is -1.94. The molecule has 0 aliphatic carbocycles. The van der Waals surface area contributed by atoms with Gasteiger partial charge >= 0.3 is 0 Å². The maximum atomic E-state index is 2.39. The van der Waals surface area contributed by atoms with Gasteiger partial charge in [0.05, 0.1) is 0 Å². The molecule has 0 N–H and O–H groups in total. The topological polar surface area (TPSA) is 0 Å². The van der Waals surface area contributed by atoms with Crippen molar-refractivity contribution in [1.29, 1.82) is 0 Å².